The highest BCUT2D eigenvalue weighted by Crippen LogP contribution is 2.32. The van der Waals surface area contributed by atoms with Crippen molar-refractivity contribution in [3.05, 3.63) is 79.4 Å². The van der Waals surface area contributed by atoms with E-state index >= 15 is 0 Å². The van der Waals surface area contributed by atoms with E-state index < -0.39 is 5.67 Å². The first-order valence-electron chi connectivity index (χ1n) is 11.4. The fraction of sp³-hybridized carbons (Fsp3) is 0.143. The summed E-state index contributed by atoms with van der Waals surface area (Å²) in [5.74, 6) is 0.598. The molecule has 0 bridgehead atoms. The predicted molar refractivity (Wildman–Crippen MR) is 145 cm³/mol. The lowest BCUT2D eigenvalue weighted by atomic mass is 10.1. The lowest BCUT2D eigenvalue weighted by Gasteiger charge is -2.17. The first-order chi connectivity index (χ1) is 17.3. The van der Waals surface area contributed by atoms with Crippen LogP contribution in [0.4, 0.5) is 10.1 Å². The van der Waals surface area contributed by atoms with Gasteiger partial charge in [-0.25, -0.2) is 18.9 Å². The van der Waals surface area contributed by atoms with Gasteiger partial charge in [0, 0.05) is 58.5 Å². The zero-order chi connectivity index (χ0) is 25.4. The molecule has 1 aromatic carbocycles. The van der Waals surface area contributed by atoms with Gasteiger partial charge in [0.25, 0.3) is 0 Å². The Kier molecular flexibility index (Phi) is 5.72. The van der Waals surface area contributed by atoms with Gasteiger partial charge in [-0.3, -0.25) is 4.99 Å². The molecule has 36 heavy (non-hydrogen) atoms. The van der Waals surface area contributed by atoms with Gasteiger partial charge in [0.2, 0.25) is 0 Å². The maximum atomic E-state index is 14.0. The van der Waals surface area contributed by atoms with Crippen molar-refractivity contribution in [3.8, 4) is 22.5 Å². The Hall–Kier alpha value is -4.59. The number of hydrogen-bond donors (Lipinski definition) is 2. The Morgan fingerprint density at radius 3 is 2.81 bits per heavy atom. The van der Waals surface area contributed by atoms with E-state index in [1.165, 1.54) is 13.8 Å². The van der Waals surface area contributed by atoms with Gasteiger partial charge in [-0.05, 0) is 56.5 Å². The van der Waals surface area contributed by atoms with Crippen molar-refractivity contribution >= 4 is 40.7 Å². The standard InChI is InChI=1S/C28H26FN7/c1-6-18-11-20(7-8-24(18)30-5)26-31-14-23-22(13-32-27(23)35-26)19-9-10-36-25(12-19)21(15-34-36)17(2)33-16-28(3,4)29/h6-15,33H,1-2,5,16H2,3-4H3,(H,31,32,35). The summed E-state index contributed by atoms with van der Waals surface area (Å²) in [6.45, 7) is 14.7. The summed E-state index contributed by atoms with van der Waals surface area (Å²) in [5.41, 5.74) is 6.11. The van der Waals surface area contributed by atoms with E-state index in [0.29, 0.717) is 11.5 Å². The molecule has 0 saturated heterocycles. The minimum absolute atomic E-state index is 0.159. The fourth-order valence-corrected chi connectivity index (χ4v) is 4.08. The largest absolute Gasteiger partial charge is 0.382 e. The summed E-state index contributed by atoms with van der Waals surface area (Å²) < 4.78 is 15.7. The van der Waals surface area contributed by atoms with Gasteiger partial charge >= 0.3 is 0 Å². The number of fused-ring (bicyclic) bond motifs is 2. The van der Waals surface area contributed by atoms with Crippen molar-refractivity contribution in [2.75, 3.05) is 6.54 Å². The minimum atomic E-state index is -1.35. The molecule has 0 atom stereocenters. The molecule has 0 unspecified atom stereocenters. The van der Waals surface area contributed by atoms with Crippen LogP contribution in [-0.4, -0.2) is 43.5 Å². The number of H-pyrrole nitrogens is 1. The summed E-state index contributed by atoms with van der Waals surface area (Å²) in [5, 5.41) is 8.38. The summed E-state index contributed by atoms with van der Waals surface area (Å²) in [7, 11) is 0. The Morgan fingerprint density at radius 2 is 2.06 bits per heavy atom. The summed E-state index contributed by atoms with van der Waals surface area (Å²) in [6.07, 6.45) is 9.10. The van der Waals surface area contributed by atoms with Crippen LogP contribution in [0.3, 0.4) is 0 Å². The third-order valence-electron chi connectivity index (χ3n) is 5.99. The van der Waals surface area contributed by atoms with Crippen LogP contribution in [0.5, 0.6) is 0 Å². The highest BCUT2D eigenvalue weighted by atomic mass is 19.1. The van der Waals surface area contributed by atoms with E-state index in [0.717, 1.165) is 50.1 Å². The van der Waals surface area contributed by atoms with Crippen LogP contribution in [0.25, 0.3) is 50.8 Å². The van der Waals surface area contributed by atoms with Gasteiger partial charge in [-0.1, -0.05) is 19.2 Å². The molecule has 180 valence electrons. The maximum absolute atomic E-state index is 14.0. The zero-order valence-corrected chi connectivity index (χ0v) is 20.2. The molecule has 0 radical (unpaired) electrons. The molecule has 0 aliphatic heterocycles. The number of hydrogen-bond acceptors (Lipinski definition) is 5. The molecular formula is C28H26FN7. The smallest absolute Gasteiger partial charge is 0.161 e. The average molecular weight is 480 g/mol. The van der Waals surface area contributed by atoms with Crippen LogP contribution in [0.2, 0.25) is 0 Å². The monoisotopic (exact) mass is 479 g/mol. The highest BCUT2D eigenvalue weighted by Gasteiger charge is 2.17. The van der Waals surface area contributed by atoms with Crippen molar-refractivity contribution < 1.29 is 4.39 Å². The molecule has 0 saturated carbocycles. The molecule has 0 spiro atoms. The number of alkyl halides is 1. The number of nitrogens with one attached hydrogen (secondary N) is 2. The van der Waals surface area contributed by atoms with Gasteiger partial charge < -0.3 is 10.3 Å². The number of nitrogens with zero attached hydrogens (tertiary/aromatic N) is 5. The minimum Gasteiger partial charge on any atom is -0.382 e. The molecule has 5 aromatic rings. The molecule has 0 aliphatic rings. The molecule has 4 heterocycles. The lowest BCUT2D eigenvalue weighted by molar-refractivity contribution is 0.219. The SMILES string of the molecule is C=Cc1cc(-c2ncc3c(-c4ccn5ncc(C(=C)NCC(C)(C)F)c5c4)c[nH]c3n2)ccc1N=C. The Balaban J connectivity index is 1.50. The van der Waals surface area contributed by atoms with E-state index in [1.54, 1.807) is 16.8 Å². The van der Waals surface area contributed by atoms with Gasteiger partial charge in [-0.2, -0.15) is 5.10 Å². The van der Waals surface area contributed by atoms with E-state index in [1.807, 2.05) is 48.9 Å². The van der Waals surface area contributed by atoms with Crippen LogP contribution < -0.4 is 5.32 Å². The number of aromatic amines is 1. The maximum Gasteiger partial charge on any atom is 0.161 e. The highest BCUT2D eigenvalue weighted by molar-refractivity contribution is 5.95. The van der Waals surface area contributed by atoms with E-state index in [9.17, 15) is 4.39 Å². The van der Waals surface area contributed by atoms with Gasteiger partial charge in [0.05, 0.1) is 17.4 Å². The Labute approximate surface area is 208 Å². The van der Waals surface area contributed by atoms with E-state index in [-0.39, 0.29) is 6.54 Å². The number of benzene rings is 1. The summed E-state index contributed by atoms with van der Waals surface area (Å²) in [4.78, 5) is 16.7. The quantitative estimate of drug-likeness (QED) is 0.259. The number of halogens is 1. The van der Waals surface area contributed by atoms with Crippen molar-refractivity contribution in [1.82, 2.24) is 29.9 Å². The van der Waals surface area contributed by atoms with Crippen LogP contribution >= 0.6 is 0 Å². The Morgan fingerprint density at radius 1 is 1.22 bits per heavy atom. The summed E-state index contributed by atoms with van der Waals surface area (Å²) >= 11 is 0. The molecule has 0 aliphatic carbocycles. The topological polar surface area (TPSA) is 83.3 Å². The molecule has 5 rings (SSSR count). The third kappa shape index (κ3) is 4.29. The molecule has 0 fully saturated rings. The number of pyridine rings is 1. The summed E-state index contributed by atoms with van der Waals surface area (Å²) in [6, 6.07) is 9.76. The normalized spacial score (nSPS) is 11.6. The molecule has 4 aromatic heterocycles. The molecule has 8 heteroatoms. The van der Waals surface area contributed by atoms with Crippen LogP contribution in [0, 0.1) is 0 Å². The lowest BCUT2D eigenvalue weighted by Crippen LogP contribution is -2.29. The van der Waals surface area contributed by atoms with E-state index in [2.05, 4.69) is 45.3 Å². The number of rotatable bonds is 8. The molecule has 7 nitrogen and oxygen atoms in total. The van der Waals surface area contributed by atoms with E-state index in [4.69, 9.17) is 4.98 Å². The zero-order valence-electron chi connectivity index (χ0n) is 20.2. The molecule has 0 amide bonds. The van der Waals surface area contributed by atoms with Crippen LogP contribution in [0.1, 0.15) is 25.0 Å². The Bertz CT molecular complexity index is 1640. The predicted octanol–water partition coefficient (Wildman–Crippen LogP) is 6.22. The second-order valence-corrected chi connectivity index (χ2v) is 9.15. The van der Waals surface area contributed by atoms with Crippen LogP contribution in [0.15, 0.2) is 73.3 Å². The third-order valence-corrected chi connectivity index (χ3v) is 5.99. The average Bonchev–Trinajstić information content (AvgIpc) is 3.49. The second kappa shape index (κ2) is 8.88. The first-order valence-corrected chi connectivity index (χ1v) is 11.4. The van der Waals surface area contributed by atoms with Crippen LogP contribution in [-0.2, 0) is 0 Å². The first kappa shape index (κ1) is 23.2. The van der Waals surface area contributed by atoms with Crippen molar-refractivity contribution in [1.29, 1.82) is 0 Å². The van der Waals surface area contributed by atoms with Gasteiger partial charge in [0.15, 0.2) is 5.82 Å². The molecule has 2 N–H and O–H groups in total. The van der Waals surface area contributed by atoms with Crippen molar-refractivity contribution in [2.24, 2.45) is 4.99 Å². The molecular weight excluding hydrogens is 453 g/mol. The number of aliphatic imine (C=N–C) groups is 1. The fourth-order valence-electron chi connectivity index (χ4n) is 4.08. The van der Waals surface area contributed by atoms with Crippen molar-refractivity contribution in [3.63, 3.8) is 0 Å². The number of aromatic nitrogens is 5. The van der Waals surface area contributed by atoms with Gasteiger partial charge in [-0.15, -0.1) is 0 Å². The second-order valence-electron chi connectivity index (χ2n) is 9.15. The van der Waals surface area contributed by atoms with Crippen molar-refractivity contribution in [2.45, 2.75) is 19.5 Å². The van der Waals surface area contributed by atoms with Gasteiger partial charge in [0.1, 0.15) is 11.3 Å².